The number of aromatic nitrogens is 2. The molecular formula is C34H48N2O6Si2. The maximum atomic E-state index is 13.9. The van der Waals surface area contributed by atoms with E-state index >= 15 is 0 Å². The van der Waals surface area contributed by atoms with Gasteiger partial charge in [0.25, 0.3) is 13.9 Å². The number of nitrogens with one attached hydrogen (secondary N) is 1. The third-order valence-electron chi connectivity index (χ3n) is 9.50. The SMILES string of the molecule is CC(=O)[C@]1(CO[Si](c2ccccc2)(c2ccccc2)C(C)(C)C)O[C@@H](n2cc(C)c(=O)[nH]c2=O)C[C@@H]1O[Si](C)(C)C(C)(C)C. The van der Waals surface area contributed by atoms with Gasteiger partial charge in [-0.15, -0.1) is 0 Å². The molecule has 0 amide bonds. The fourth-order valence-corrected chi connectivity index (χ4v) is 11.8. The molecule has 0 aliphatic carbocycles. The number of carbonyl (C=O) groups excluding carboxylic acids is 1. The van der Waals surface area contributed by atoms with Gasteiger partial charge in [-0.3, -0.25) is 19.1 Å². The zero-order valence-corrected chi connectivity index (χ0v) is 29.8. The van der Waals surface area contributed by atoms with Gasteiger partial charge in [-0.2, -0.15) is 0 Å². The van der Waals surface area contributed by atoms with E-state index in [2.05, 4.69) is 83.9 Å². The topological polar surface area (TPSA) is 99.6 Å². The summed E-state index contributed by atoms with van der Waals surface area (Å²) < 4.78 is 22.4. The van der Waals surface area contributed by atoms with Crippen LogP contribution in [0.2, 0.25) is 23.2 Å². The molecule has 1 fully saturated rings. The summed E-state index contributed by atoms with van der Waals surface area (Å²) in [5.74, 6) is -0.226. The first kappa shape index (κ1) is 34.0. The van der Waals surface area contributed by atoms with Crippen molar-refractivity contribution < 1.29 is 18.4 Å². The van der Waals surface area contributed by atoms with Crippen molar-refractivity contribution in [3.63, 3.8) is 0 Å². The summed E-state index contributed by atoms with van der Waals surface area (Å²) in [5, 5.41) is 1.70. The van der Waals surface area contributed by atoms with E-state index in [4.69, 9.17) is 13.6 Å². The van der Waals surface area contributed by atoms with Gasteiger partial charge in [0.05, 0.1) is 12.7 Å². The zero-order chi connectivity index (χ0) is 32.7. The van der Waals surface area contributed by atoms with Crippen LogP contribution in [-0.4, -0.2) is 50.3 Å². The lowest BCUT2D eigenvalue weighted by Gasteiger charge is -2.46. The summed E-state index contributed by atoms with van der Waals surface area (Å²) in [6, 6.07) is 20.5. The predicted octanol–water partition coefficient (Wildman–Crippen LogP) is 5.06. The quantitative estimate of drug-likeness (QED) is 0.330. The second-order valence-electron chi connectivity index (χ2n) is 14.6. The maximum absolute atomic E-state index is 13.9. The van der Waals surface area contributed by atoms with Crippen molar-refractivity contribution in [2.24, 2.45) is 0 Å². The van der Waals surface area contributed by atoms with Crippen LogP contribution in [0, 0.1) is 6.92 Å². The minimum atomic E-state index is -3.06. The molecule has 2 aromatic carbocycles. The highest BCUT2D eigenvalue weighted by Gasteiger charge is 2.59. The molecule has 1 aliphatic rings. The van der Waals surface area contributed by atoms with Gasteiger partial charge >= 0.3 is 5.69 Å². The second-order valence-corrected chi connectivity index (χ2v) is 23.6. The Morgan fingerprint density at radius 3 is 1.93 bits per heavy atom. The highest BCUT2D eigenvalue weighted by Crippen LogP contribution is 2.46. The Kier molecular flexibility index (Phi) is 9.37. The van der Waals surface area contributed by atoms with Crippen molar-refractivity contribution in [3.8, 4) is 0 Å². The number of hydrogen-bond acceptors (Lipinski definition) is 6. The molecule has 0 radical (unpaired) electrons. The number of rotatable bonds is 9. The van der Waals surface area contributed by atoms with E-state index in [1.54, 1.807) is 6.92 Å². The molecule has 1 saturated heterocycles. The van der Waals surface area contributed by atoms with Gasteiger partial charge in [0.2, 0.25) is 0 Å². The van der Waals surface area contributed by atoms with Crippen LogP contribution in [0.1, 0.15) is 66.7 Å². The van der Waals surface area contributed by atoms with Crippen LogP contribution in [0.15, 0.2) is 76.4 Å². The highest BCUT2D eigenvalue weighted by molar-refractivity contribution is 6.99. The fourth-order valence-electron chi connectivity index (χ4n) is 5.90. The first-order valence-corrected chi connectivity index (χ1v) is 20.1. The summed E-state index contributed by atoms with van der Waals surface area (Å²) >= 11 is 0. The summed E-state index contributed by atoms with van der Waals surface area (Å²) in [6.07, 6.45) is 0.235. The van der Waals surface area contributed by atoms with E-state index in [9.17, 15) is 14.4 Å². The maximum Gasteiger partial charge on any atom is 0.330 e. The van der Waals surface area contributed by atoms with Crippen molar-refractivity contribution in [1.29, 1.82) is 0 Å². The minimum absolute atomic E-state index is 0.0531. The number of carbonyl (C=O) groups is 1. The standard InChI is InChI=1S/C34H48N2O6Si2/c1-24-22-36(31(39)35-30(24)38)29-21-28(42-43(9,10)32(3,4)5)34(41-29,25(2)37)23-40-44(33(6,7)8,26-17-13-11-14-18-26)27-19-15-12-16-20-27/h11-20,22,28-29H,21,23H2,1-10H3,(H,35,38,39)/t28-,29+,34-/m0/s1. The number of aryl methyl sites for hydroxylation is 1. The lowest BCUT2D eigenvalue weighted by atomic mass is 9.93. The minimum Gasteiger partial charge on any atom is -0.410 e. The van der Waals surface area contributed by atoms with Gasteiger partial charge in [-0.05, 0) is 47.4 Å². The lowest BCUT2D eigenvalue weighted by molar-refractivity contribution is -0.160. The molecule has 0 unspecified atom stereocenters. The number of ketones is 1. The van der Waals surface area contributed by atoms with Crippen LogP contribution in [0.25, 0.3) is 0 Å². The van der Waals surface area contributed by atoms with Crippen LogP contribution >= 0.6 is 0 Å². The largest absolute Gasteiger partial charge is 0.410 e. The van der Waals surface area contributed by atoms with Gasteiger partial charge in [0, 0.05) is 18.2 Å². The van der Waals surface area contributed by atoms with Crippen LogP contribution in [0.4, 0.5) is 0 Å². The molecule has 1 aliphatic heterocycles. The third kappa shape index (κ3) is 6.15. The Bertz CT molecular complexity index is 1550. The van der Waals surface area contributed by atoms with E-state index in [1.807, 2.05) is 36.4 Å². The Hall–Kier alpha value is -2.90. The fraction of sp³-hybridized carbons (Fsp3) is 0.500. The van der Waals surface area contributed by atoms with Crippen molar-refractivity contribution in [1.82, 2.24) is 9.55 Å². The number of hydrogen-bond donors (Lipinski definition) is 1. The van der Waals surface area contributed by atoms with Crippen LogP contribution in [-0.2, 0) is 18.4 Å². The zero-order valence-electron chi connectivity index (χ0n) is 27.8. The Morgan fingerprint density at radius 2 is 1.48 bits per heavy atom. The number of benzene rings is 2. The Balaban J connectivity index is 1.89. The molecule has 1 aromatic heterocycles. The molecule has 3 aromatic rings. The normalized spacial score (nSPS) is 21.4. The summed E-state index contributed by atoms with van der Waals surface area (Å²) in [6.45, 7) is 20.4. The van der Waals surface area contributed by atoms with E-state index in [-0.39, 0.29) is 28.9 Å². The highest BCUT2D eigenvalue weighted by atomic mass is 28.4. The summed E-state index contributed by atoms with van der Waals surface area (Å²) in [5.41, 5.74) is -2.16. The molecule has 2 heterocycles. The van der Waals surface area contributed by atoms with Crippen molar-refractivity contribution in [2.75, 3.05) is 6.61 Å². The van der Waals surface area contributed by atoms with E-state index in [0.717, 1.165) is 10.4 Å². The van der Waals surface area contributed by atoms with Gasteiger partial charge < -0.3 is 13.6 Å². The van der Waals surface area contributed by atoms with E-state index in [0.29, 0.717) is 5.56 Å². The van der Waals surface area contributed by atoms with Gasteiger partial charge in [0.15, 0.2) is 19.7 Å². The summed E-state index contributed by atoms with van der Waals surface area (Å²) in [7, 11) is -5.49. The molecule has 0 bridgehead atoms. The molecule has 1 N–H and O–H groups in total. The number of ether oxygens (including phenoxy) is 1. The van der Waals surface area contributed by atoms with E-state index in [1.165, 1.54) is 17.7 Å². The van der Waals surface area contributed by atoms with Crippen molar-refractivity contribution >= 4 is 32.8 Å². The second kappa shape index (κ2) is 12.1. The van der Waals surface area contributed by atoms with Crippen LogP contribution < -0.4 is 21.6 Å². The van der Waals surface area contributed by atoms with Crippen molar-refractivity contribution in [3.05, 3.63) is 93.3 Å². The molecule has 0 saturated carbocycles. The average Bonchev–Trinajstić information content (AvgIpc) is 3.29. The Labute approximate surface area is 263 Å². The first-order valence-electron chi connectivity index (χ1n) is 15.3. The molecule has 8 nitrogen and oxygen atoms in total. The van der Waals surface area contributed by atoms with Gasteiger partial charge in [-0.1, -0.05) is 102 Å². The third-order valence-corrected chi connectivity index (χ3v) is 19.0. The van der Waals surface area contributed by atoms with E-state index < -0.39 is 45.8 Å². The molecule has 4 rings (SSSR count). The number of H-pyrrole nitrogens is 1. The van der Waals surface area contributed by atoms with Crippen LogP contribution in [0.5, 0.6) is 0 Å². The van der Waals surface area contributed by atoms with Gasteiger partial charge in [0.1, 0.15) is 6.23 Å². The average molecular weight is 637 g/mol. The molecule has 238 valence electrons. The number of Topliss-reactive ketones (excluding diaryl/α,β-unsaturated/α-hetero) is 1. The molecular weight excluding hydrogens is 589 g/mol. The number of aromatic amines is 1. The predicted molar refractivity (Wildman–Crippen MR) is 180 cm³/mol. The monoisotopic (exact) mass is 636 g/mol. The molecule has 3 atom stereocenters. The van der Waals surface area contributed by atoms with Crippen LogP contribution in [0.3, 0.4) is 0 Å². The lowest BCUT2D eigenvalue weighted by Crippen LogP contribution is -2.69. The number of nitrogens with zero attached hydrogens (tertiary/aromatic N) is 1. The Morgan fingerprint density at radius 1 is 0.955 bits per heavy atom. The van der Waals surface area contributed by atoms with Crippen molar-refractivity contribution in [2.45, 2.75) is 103 Å². The molecule has 10 heteroatoms. The molecule has 44 heavy (non-hydrogen) atoms. The molecule has 0 spiro atoms. The summed E-state index contributed by atoms with van der Waals surface area (Å²) in [4.78, 5) is 41.5. The smallest absolute Gasteiger partial charge is 0.330 e. The first-order chi connectivity index (χ1) is 20.4. The van der Waals surface area contributed by atoms with Gasteiger partial charge in [-0.25, -0.2) is 4.79 Å².